The average molecular weight is 469 g/mol. The highest BCUT2D eigenvalue weighted by Gasteiger charge is 2.23. The van der Waals surface area contributed by atoms with E-state index < -0.39 is 0 Å². The summed E-state index contributed by atoms with van der Waals surface area (Å²) in [6.45, 7) is 2.02. The number of nitrogens with zero attached hydrogens (tertiary/aromatic N) is 3. The first-order valence-corrected chi connectivity index (χ1v) is 10.8. The molecule has 0 amide bonds. The third-order valence-corrected chi connectivity index (χ3v) is 6.46. The number of anilines is 1. The van der Waals surface area contributed by atoms with Crippen LogP contribution in [-0.4, -0.2) is 32.8 Å². The molecule has 0 radical (unpaired) electrons. The van der Waals surface area contributed by atoms with Gasteiger partial charge in [0.15, 0.2) is 17.2 Å². The molecule has 1 fully saturated rings. The van der Waals surface area contributed by atoms with Crippen molar-refractivity contribution in [2.45, 2.75) is 18.9 Å². The SMILES string of the molecule is Cl.Nc1ncc(-c2cnn(C3CCNCC3)c2)c2c(Cl)c(-c3ccc4[nH]ccc4c3)oc12. The fourth-order valence-corrected chi connectivity index (χ4v) is 4.77. The summed E-state index contributed by atoms with van der Waals surface area (Å²) >= 11 is 6.88. The number of fused-ring (bicyclic) bond motifs is 2. The minimum Gasteiger partial charge on any atom is -0.451 e. The van der Waals surface area contributed by atoms with Gasteiger partial charge < -0.3 is 20.5 Å². The lowest BCUT2D eigenvalue weighted by Crippen LogP contribution is -2.29. The van der Waals surface area contributed by atoms with E-state index in [9.17, 15) is 0 Å². The zero-order valence-corrected chi connectivity index (χ0v) is 18.7. The lowest BCUT2D eigenvalue weighted by molar-refractivity contribution is 0.343. The van der Waals surface area contributed by atoms with Crippen LogP contribution < -0.4 is 11.1 Å². The predicted octanol–water partition coefficient (Wildman–Crippen LogP) is 5.42. The lowest BCUT2D eigenvalue weighted by atomic mass is 10.1. The maximum atomic E-state index is 6.88. The third kappa shape index (κ3) is 3.33. The summed E-state index contributed by atoms with van der Waals surface area (Å²) in [6, 6.07) is 8.47. The lowest BCUT2D eigenvalue weighted by Gasteiger charge is -2.22. The molecular formula is C23H22Cl2N6O. The standard InChI is InChI=1S/C23H21ClN6O.ClH/c24-20-19-17(15-10-29-30(12-15)16-4-6-26-7-5-16)11-28-23(25)22(19)31-21(20)14-1-2-18-13(9-14)3-8-27-18;/h1-3,8-12,16,26-27H,4-7H2,(H2,25,28);1H. The van der Waals surface area contributed by atoms with Crippen molar-refractivity contribution < 1.29 is 4.42 Å². The molecule has 0 unspecified atom stereocenters. The number of nitrogens with two attached hydrogens (primary N) is 1. The van der Waals surface area contributed by atoms with Gasteiger partial charge in [-0.1, -0.05) is 11.6 Å². The molecule has 7 nitrogen and oxygen atoms in total. The molecule has 5 aromatic rings. The molecule has 9 heteroatoms. The van der Waals surface area contributed by atoms with Crippen LogP contribution in [0.5, 0.6) is 0 Å². The summed E-state index contributed by atoms with van der Waals surface area (Å²) in [5.74, 6) is 0.909. The van der Waals surface area contributed by atoms with Gasteiger partial charge in [-0.05, 0) is 50.2 Å². The van der Waals surface area contributed by atoms with E-state index >= 15 is 0 Å². The Kier molecular flexibility index (Phi) is 5.33. The number of nitrogens with one attached hydrogen (secondary N) is 2. The minimum atomic E-state index is 0. The normalized spacial score (nSPS) is 14.8. The molecule has 0 bridgehead atoms. The van der Waals surface area contributed by atoms with Crippen molar-refractivity contribution in [1.29, 1.82) is 0 Å². The predicted molar refractivity (Wildman–Crippen MR) is 130 cm³/mol. The molecule has 1 saturated heterocycles. The van der Waals surface area contributed by atoms with Crippen LogP contribution in [0.25, 0.3) is 44.3 Å². The van der Waals surface area contributed by atoms with Crippen LogP contribution in [0.15, 0.2) is 53.5 Å². The fraction of sp³-hybridized carbons (Fsp3) is 0.217. The fourth-order valence-electron chi connectivity index (χ4n) is 4.44. The largest absolute Gasteiger partial charge is 0.451 e. The van der Waals surface area contributed by atoms with Crippen molar-refractivity contribution in [3.63, 3.8) is 0 Å². The number of halogens is 2. The molecule has 5 heterocycles. The highest BCUT2D eigenvalue weighted by molar-refractivity contribution is 6.39. The second-order valence-electron chi connectivity index (χ2n) is 7.98. The van der Waals surface area contributed by atoms with Crippen LogP contribution in [0.1, 0.15) is 18.9 Å². The van der Waals surface area contributed by atoms with Crippen LogP contribution in [0, 0.1) is 0 Å². The van der Waals surface area contributed by atoms with Crippen molar-refractivity contribution in [1.82, 2.24) is 25.1 Å². The first kappa shape index (κ1) is 20.9. The topological polar surface area (TPSA) is 97.7 Å². The molecule has 6 rings (SSSR count). The second kappa shape index (κ2) is 8.16. The van der Waals surface area contributed by atoms with Crippen molar-refractivity contribution in [3.05, 3.63) is 54.1 Å². The number of H-pyrrole nitrogens is 1. The molecule has 0 spiro atoms. The van der Waals surface area contributed by atoms with Crippen molar-refractivity contribution in [2.75, 3.05) is 18.8 Å². The molecule has 1 aliphatic rings. The molecule has 164 valence electrons. The van der Waals surface area contributed by atoms with Gasteiger partial charge in [0.1, 0.15) is 0 Å². The number of furan rings is 1. The van der Waals surface area contributed by atoms with E-state index in [1.807, 2.05) is 41.3 Å². The number of rotatable bonds is 3. The van der Waals surface area contributed by atoms with Crippen LogP contribution >= 0.6 is 24.0 Å². The van der Waals surface area contributed by atoms with Gasteiger partial charge in [-0.2, -0.15) is 5.10 Å². The zero-order chi connectivity index (χ0) is 20.9. The third-order valence-electron chi connectivity index (χ3n) is 6.10. The Morgan fingerprint density at radius 1 is 1.12 bits per heavy atom. The smallest absolute Gasteiger partial charge is 0.179 e. The molecule has 1 aromatic carbocycles. The Hall–Kier alpha value is -3.00. The summed E-state index contributed by atoms with van der Waals surface area (Å²) in [7, 11) is 0. The number of benzene rings is 1. The minimum absolute atomic E-state index is 0. The van der Waals surface area contributed by atoms with Crippen LogP contribution in [0.4, 0.5) is 5.82 Å². The number of aromatic nitrogens is 4. The van der Waals surface area contributed by atoms with Gasteiger partial charge in [-0.3, -0.25) is 4.68 Å². The average Bonchev–Trinajstić information content (AvgIpc) is 3.54. The van der Waals surface area contributed by atoms with Crippen LogP contribution in [0.3, 0.4) is 0 Å². The van der Waals surface area contributed by atoms with Gasteiger partial charge in [0.05, 0.1) is 22.6 Å². The molecule has 0 saturated carbocycles. The van der Waals surface area contributed by atoms with Gasteiger partial charge in [0.25, 0.3) is 0 Å². The summed E-state index contributed by atoms with van der Waals surface area (Å²) < 4.78 is 8.21. The number of aromatic amines is 1. The quantitative estimate of drug-likeness (QED) is 0.328. The van der Waals surface area contributed by atoms with Crippen molar-refractivity contribution >= 4 is 51.7 Å². The first-order chi connectivity index (χ1) is 15.2. The van der Waals surface area contributed by atoms with Gasteiger partial charge in [-0.25, -0.2) is 4.98 Å². The highest BCUT2D eigenvalue weighted by atomic mass is 35.5. The first-order valence-electron chi connectivity index (χ1n) is 10.4. The Morgan fingerprint density at radius 2 is 1.97 bits per heavy atom. The summed E-state index contributed by atoms with van der Waals surface area (Å²) in [5.41, 5.74) is 10.4. The number of nitrogen functional groups attached to an aromatic ring is 1. The number of pyridine rings is 1. The van der Waals surface area contributed by atoms with Gasteiger partial charge >= 0.3 is 0 Å². The molecule has 32 heavy (non-hydrogen) atoms. The molecule has 0 atom stereocenters. The molecule has 1 aliphatic heterocycles. The number of hydrogen-bond donors (Lipinski definition) is 3. The van der Waals surface area contributed by atoms with Crippen molar-refractivity contribution in [3.8, 4) is 22.5 Å². The summed E-state index contributed by atoms with van der Waals surface area (Å²) in [6.07, 6.45) is 9.72. The number of piperidine rings is 1. The Labute approximate surface area is 195 Å². The van der Waals surface area contributed by atoms with Gasteiger partial charge in [-0.15, -0.1) is 12.4 Å². The van der Waals surface area contributed by atoms with E-state index in [0.717, 1.165) is 58.9 Å². The highest BCUT2D eigenvalue weighted by Crippen LogP contribution is 2.44. The summed E-state index contributed by atoms with van der Waals surface area (Å²) in [5, 5.41) is 10.4. The van der Waals surface area contributed by atoms with Crippen LogP contribution in [0.2, 0.25) is 5.02 Å². The maximum absolute atomic E-state index is 6.88. The van der Waals surface area contributed by atoms with E-state index in [-0.39, 0.29) is 12.4 Å². The molecule has 0 aliphatic carbocycles. The summed E-state index contributed by atoms with van der Waals surface area (Å²) in [4.78, 5) is 7.57. The van der Waals surface area contributed by atoms with Crippen LogP contribution in [-0.2, 0) is 0 Å². The molecular weight excluding hydrogens is 447 g/mol. The van der Waals surface area contributed by atoms with Crippen molar-refractivity contribution in [2.24, 2.45) is 0 Å². The molecule has 4 aromatic heterocycles. The maximum Gasteiger partial charge on any atom is 0.179 e. The monoisotopic (exact) mass is 468 g/mol. The van der Waals surface area contributed by atoms with E-state index in [1.54, 1.807) is 6.20 Å². The van der Waals surface area contributed by atoms with E-state index in [2.05, 4.69) is 26.6 Å². The Morgan fingerprint density at radius 3 is 2.81 bits per heavy atom. The van der Waals surface area contributed by atoms with E-state index in [0.29, 0.717) is 28.2 Å². The van der Waals surface area contributed by atoms with Gasteiger partial charge in [0, 0.05) is 46.2 Å². The van der Waals surface area contributed by atoms with Gasteiger partial charge in [0.2, 0.25) is 0 Å². The number of hydrogen-bond acceptors (Lipinski definition) is 5. The Balaban J connectivity index is 0.00000216. The molecule has 4 N–H and O–H groups in total. The second-order valence-corrected chi connectivity index (χ2v) is 8.35. The zero-order valence-electron chi connectivity index (χ0n) is 17.1. The van der Waals surface area contributed by atoms with E-state index in [4.69, 9.17) is 21.8 Å². The van der Waals surface area contributed by atoms with E-state index in [1.165, 1.54) is 0 Å². The Bertz CT molecular complexity index is 1410.